The SMILES string of the molecule is N#CC1=C(N)OC2ON=C(c3ccccc3)C2C1c1ccccc1. The first-order valence-corrected chi connectivity index (χ1v) is 7.70. The number of allylic oxidation sites excluding steroid dienone is 1. The van der Waals surface area contributed by atoms with Crippen molar-refractivity contribution in [2.75, 3.05) is 0 Å². The van der Waals surface area contributed by atoms with Crippen LogP contribution in [0.4, 0.5) is 0 Å². The van der Waals surface area contributed by atoms with Crippen LogP contribution in [0.25, 0.3) is 0 Å². The molecule has 0 saturated heterocycles. The van der Waals surface area contributed by atoms with Gasteiger partial charge >= 0.3 is 0 Å². The molecule has 2 aromatic carbocycles. The van der Waals surface area contributed by atoms with Gasteiger partial charge in [-0.2, -0.15) is 5.26 Å². The van der Waals surface area contributed by atoms with Crippen LogP contribution in [0.3, 0.4) is 0 Å². The first-order valence-electron chi connectivity index (χ1n) is 7.70. The van der Waals surface area contributed by atoms with E-state index in [1.807, 2.05) is 60.7 Å². The molecule has 118 valence electrons. The van der Waals surface area contributed by atoms with Crippen molar-refractivity contribution in [1.29, 1.82) is 5.26 Å². The van der Waals surface area contributed by atoms with Gasteiger partial charge in [0.25, 0.3) is 6.29 Å². The van der Waals surface area contributed by atoms with Crippen LogP contribution < -0.4 is 5.73 Å². The fourth-order valence-corrected chi connectivity index (χ4v) is 3.31. The van der Waals surface area contributed by atoms with E-state index in [9.17, 15) is 5.26 Å². The molecular weight excluding hydrogens is 302 g/mol. The number of ether oxygens (including phenoxy) is 1. The molecule has 5 nitrogen and oxygen atoms in total. The molecule has 24 heavy (non-hydrogen) atoms. The van der Waals surface area contributed by atoms with E-state index in [4.69, 9.17) is 15.3 Å². The highest BCUT2D eigenvalue weighted by atomic mass is 16.8. The fourth-order valence-electron chi connectivity index (χ4n) is 3.31. The van der Waals surface area contributed by atoms with Crippen LogP contribution in [-0.2, 0) is 9.57 Å². The summed E-state index contributed by atoms with van der Waals surface area (Å²) in [4.78, 5) is 5.48. The third-order valence-corrected chi connectivity index (χ3v) is 4.39. The molecule has 0 spiro atoms. The van der Waals surface area contributed by atoms with Crippen molar-refractivity contribution in [3.63, 3.8) is 0 Å². The Morgan fingerprint density at radius 1 is 1.00 bits per heavy atom. The minimum Gasteiger partial charge on any atom is -0.436 e. The maximum atomic E-state index is 9.62. The Morgan fingerprint density at radius 2 is 1.67 bits per heavy atom. The second kappa shape index (κ2) is 5.74. The highest BCUT2D eigenvalue weighted by Gasteiger charge is 2.48. The van der Waals surface area contributed by atoms with Crippen molar-refractivity contribution < 1.29 is 9.57 Å². The summed E-state index contributed by atoms with van der Waals surface area (Å²) in [5, 5.41) is 13.9. The second-order valence-corrected chi connectivity index (χ2v) is 5.74. The van der Waals surface area contributed by atoms with Crippen LogP contribution in [0.5, 0.6) is 0 Å². The minimum atomic E-state index is -0.623. The van der Waals surface area contributed by atoms with Gasteiger partial charge in [0.1, 0.15) is 6.07 Å². The van der Waals surface area contributed by atoms with E-state index in [0.29, 0.717) is 5.57 Å². The summed E-state index contributed by atoms with van der Waals surface area (Å²) in [6.45, 7) is 0. The predicted octanol–water partition coefficient (Wildman–Crippen LogP) is 2.87. The Bertz CT molecular complexity index is 853. The van der Waals surface area contributed by atoms with Gasteiger partial charge in [0.05, 0.1) is 17.2 Å². The third-order valence-electron chi connectivity index (χ3n) is 4.39. The zero-order chi connectivity index (χ0) is 16.5. The number of rotatable bonds is 2. The molecule has 2 heterocycles. The lowest BCUT2D eigenvalue weighted by Gasteiger charge is -2.33. The van der Waals surface area contributed by atoms with Gasteiger partial charge in [0.2, 0.25) is 5.88 Å². The monoisotopic (exact) mass is 317 g/mol. The number of nitrogens with zero attached hydrogens (tertiary/aromatic N) is 2. The van der Waals surface area contributed by atoms with Crippen molar-refractivity contribution in [1.82, 2.24) is 0 Å². The molecule has 3 unspecified atom stereocenters. The van der Waals surface area contributed by atoms with Crippen LogP contribution in [0, 0.1) is 17.2 Å². The normalized spacial score (nSPS) is 25.1. The van der Waals surface area contributed by atoms with Crippen molar-refractivity contribution in [3.05, 3.63) is 83.2 Å². The quantitative estimate of drug-likeness (QED) is 0.923. The molecule has 0 aromatic heterocycles. The number of nitriles is 1. The topological polar surface area (TPSA) is 80.6 Å². The van der Waals surface area contributed by atoms with E-state index in [1.165, 1.54) is 0 Å². The van der Waals surface area contributed by atoms with Crippen molar-refractivity contribution in [2.45, 2.75) is 12.2 Å². The highest BCUT2D eigenvalue weighted by Crippen LogP contribution is 2.44. The lowest BCUT2D eigenvalue weighted by Crippen LogP contribution is -2.38. The lowest BCUT2D eigenvalue weighted by molar-refractivity contribution is -0.129. The molecule has 5 heteroatoms. The van der Waals surface area contributed by atoms with Gasteiger partial charge in [0.15, 0.2) is 0 Å². The molecule has 0 bridgehead atoms. The Kier molecular flexibility index (Phi) is 3.43. The summed E-state index contributed by atoms with van der Waals surface area (Å²) in [6.07, 6.45) is -0.623. The van der Waals surface area contributed by atoms with E-state index >= 15 is 0 Å². The Morgan fingerprint density at radius 3 is 2.33 bits per heavy atom. The van der Waals surface area contributed by atoms with Gasteiger partial charge in [-0.1, -0.05) is 65.8 Å². The Hall–Kier alpha value is -3.26. The smallest absolute Gasteiger partial charge is 0.276 e. The zero-order valence-corrected chi connectivity index (χ0v) is 12.8. The third kappa shape index (κ3) is 2.20. The number of oxime groups is 1. The fraction of sp³-hybridized carbons (Fsp3) is 0.158. The van der Waals surface area contributed by atoms with Crippen LogP contribution in [0.1, 0.15) is 17.0 Å². The van der Waals surface area contributed by atoms with Crippen LogP contribution >= 0.6 is 0 Å². The summed E-state index contributed by atoms with van der Waals surface area (Å²) < 4.78 is 5.62. The van der Waals surface area contributed by atoms with E-state index < -0.39 is 6.29 Å². The van der Waals surface area contributed by atoms with Gasteiger partial charge in [0, 0.05) is 5.92 Å². The summed E-state index contributed by atoms with van der Waals surface area (Å²) in [5.74, 6) is -0.370. The van der Waals surface area contributed by atoms with Crippen molar-refractivity contribution in [3.8, 4) is 6.07 Å². The largest absolute Gasteiger partial charge is 0.436 e. The molecule has 2 aliphatic rings. The van der Waals surface area contributed by atoms with Gasteiger partial charge in [-0.15, -0.1) is 0 Å². The number of hydrogen-bond donors (Lipinski definition) is 1. The van der Waals surface area contributed by atoms with Crippen LogP contribution in [0.15, 0.2) is 77.3 Å². The zero-order valence-electron chi connectivity index (χ0n) is 12.8. The highest BCUT2D eigenvalue weighted by molar-refractivity contribution is 6.04. The van der Waals surface area contributed by atoms with E-state index in [0.717, 1.165) is 16.8 Å². The number of nitrogens with two attached hydrogens (primary N) is 1. The lowest BCUT2D eigenvalue weighted by atomic mass is 9.75. The summed E-state index contributed by atoms with van der Waals surface area (Å²) in [7, 11) is 0. The van der Waals surface area contributed by atoms with Crippen molar-refractivity contribution in [2.24, 2.45) is 16.8 Å². The molecule has 2 N–H and O–H groups in total. The average Bonchev–Trinajstić information content (AvgIpc) is 3.05. The molecular formula is C19H15N3O2. The first kappa shape index (κ1) is 14.3. The molecule has 0 radical (unpaired) electrons. The van der Waals surface area contributed by atoms with E-state index in [-0.39, 0.29) is 17.7 Å². The molecule has 0 amide bonds. The average molecular weight is 317 g/mol. The van der Waals surface area contributed by atoms with E-state index in [2.05, 4.69) is 11.2 Å². The van der Waals surface area contributed by atoms with Crippen molar-refractivity contribution >= 4 is 5.71 Å². The minimum absolute atomic E-state index is 0.108. The number of hydrogen-bond acceptors (Lipinski definition) is 5. The van der Waals surface area contributed by atoms with Gasteiger partial charge < -0.3 is 15.3 Å². The van der Waals surface area contributed by atoms with Gasteiger partial charge in [-0.25, -0.2) is 0 Å². The summed E-state index contributed by atoms with van der Waals surface area (Å²) >= 11 is 0. The molecule has 4 rings (SSSR count). The summed E-state index contributed by atoms with van der Waals surface area (Å²) in [5.41, 5.74) is 9.09. The first-order chi connectivity index (χ1) is 11.8. The maximum Gasteiger partial charge on any atom is 0.276 e. The summed E-state index contributed by atoms with van der Waals surface area (Å²) in [6, 6.07) is 21.8. The Labute approximate surface area is 139 Å². The molecule has 0 fully saturated rings. The van der Waals surface area contributed by atoms with Crippen LogP contribution in [0.2, 0.25) is 0 Å². The molecule has 2 aromatic rings. The molecule has 0 saturated carbocycles. The maximum absolute atomic E-state index is 9.62. The standard InChI is InChI=1S/C19H15N3O2/c20-11-14-15(12-7-3-1-4-8-12)16-17(13-9-5-2-6-10-13)22-24-19(16)23-18(14)21/h1-10,15-16,19H,21H2. The van der Waals surface area contributed by atoms with E-state index in [1.54, 1.807) is 0 Å². The Balaban J connectivity index is 1.84. The number of benzene rings is 2. The van der Waals surface area contributed by atoms with Crippen LogP contribution in [-0.4, -0.2) is 12.0 Å². The predicted molar refractivity (Wildman–Crippen MR) is 88.4 cm³/mol. The van der Waals surface area contributed by atoms with Gasteiger partial charge in [-0.05, 0) is 11.1 Å². The second-order valence-electron chi connectivity index (χ2n) is 5.74. The molecule has 3 atom stereocenters. The molecule has 2 aliphatic heterocycles. The molecule has 0 aliphatic carbocycles. The van der Waals surface area contributed by atoms with Gasteiger partial charge in [-0.3, -0.25) is 0 Å². The number of fused-ring (bicyclic) bond motifs is 1.